The van der Waals surface area contributed by atoms with Gasteiger partial charge < -0.3 is 9.88 Å². The molecule has 2 aromatic rings. The Labute approximate surface area is 109 Å². The second-order valence-electron chi connectivity index (χ2n) is 5.29. The van der Waals surface area contributed by atoms with Crippen molar-refractivity contribution in [1.82, 2.24) is 9.88 Å². The number of benzene rings is 1. The van der Waals surface area contributed by atoms with E-state index in [1.54, 1.807) is 0 Å². The average molecular weight is 242 g/mol. The molecule has 0 saturated carbocycles. The van der Waals surface area contributed by atoms with E-state index in [2.05, 4.69) is 67.7 Å². The van der Waals surface area contributed by atoms with Crippen molar-refractivity contribution in [3.05, 3.63) is 48.2 Å². The van der Waals surface area contributed by atoms with Crippen molar-refractivity contribution in [2.24, 2.45) is 0 Å². The van der Waals surface area contributed by atoms with Gasteiger partial charge in [0.2, 0.25) is 0 Å². The summed E-state index contributed by atoms with van der Waals surface area (Å²) < 4.78 is 2.29. The van der Waals surface area contributed by atoms with Gasteiger partial charge in [0.25, 0.3) is 0 Å². The molecule has 0 aliphatic carbocycles. The Kier molecular flexibility index (Phi) is 3.87. The lowest BCUT2D eigenvalue weighted by Crippen LogP contribution is -2.21. The lowest BCUT2D eigenvalue weighted by molar-refractivity contribution is 0.589. The Bertz CT molecular complexity index is 549. The molecule has 0 amide bonds. The van der Waals surface area contributed by atoms with Crippen molar-refractivity contribution >= 4 is 10.9 Å². The molecule has 0 atom stereocenters. The van der Waals surface area contributed by atoms with Crippen LogP contribution < -0.4 is 5.32 Å². The minimum Gasteiger partial charge on any atom is -0.343 e. The summed E-state index contributed by atoms with van der Waals surface area (Å²) in [6, 6.07) is 9.08. The zero-order valence-corrected chi connectivity index (χ0v) is 11.5. The molecule has 0 spiro atoms. The fourth-order valence-electron chi connectivity index (χ4n) is 2.20. The topological polar surface area (TPSA) is 17.0 Å². The highest BCUT2D eigenvalue weighted by Gasteiger charge is 2.08. The third-order valence-electron chi connectivity index (χ3n) is 3.01. The van der Waals surface area contributed by atoms with Crippen LogP contribution in [0.2, 0.25) is 0 Å². The predicted molar refractivity (Wildman–Crippen MR) is 78.7 cm³/mol. The van der Waals surface area contributed by atoms with Gasteiger partial charge in [0.15, 0.2) is 0 Å². The number of nitrogens with zero attached hydrogens (tertiary/aromatic N) is 1. The van der Waals surface area contributed by atoms with Gasteiger partial charge in [0, 0.05) is 36.2 Å². The van der Waals surface area contributed by atoms with Crippen molar-refractivity contribution in [3.63, 3.8) is 0 Å². The van der Waals surface area contributed by atoms with E-state index < -0.39 is 0 Å². The molecule has 18 heavy (non-hydrogen) atoms. The van der Waals surface area contributed by atoms with E-state index in [9.17, 15) is 0 Å². The molecule has 1 heterocycles. The van der Waals surface area contributed by atoms with Crippen LogP contribution in [0.5, 0.6) is 0 Å². The van der Waals surface area contributed by atoms with Gasteiger partial charge >= 0.3 is 0 Å². The molecule has 2 heteroatoms. The molecule has 0 saturated heterocycles. The van der Waals surface area contributed by atoms with Gasteiger partial charge in [-0.2, -0.15) is 0 Å². The SMILES string of the molecule is C=C(C)Cn1cc(CNC(C)C)c2ccccc21. The maximum absolute atomic E-state index is 4.00. The molecule has 96 valence electrons. The van der Waals surface area contributed by atoms with E-state index in [1.165, 1.54) is 22.0 Å². The molecule has 2 nitrogen and oxygen atoms in total. The standard InChI is InChI=1S/C16H22N2/c1-12(2)10-18-11-14(9-17-13(3)4)15-7-5-6-8-16(15)18/h5-8,11,13,17H,1,9-10H2,2-4H3. The second kappa shape index (κ2) is 5.40. The number of aromatic nitrogens is 1. The molecule has 0 fully saturated rings. The van der Waals surface area contributed by atoms with Gasteiger partial charge in [-0.05, 0) is 18.6 Å². The van der Waals surface area contributed by atoms with Crippen molar-refractivity contribution in [1.29, 1.82) is 0 Å². The minimum absolute atomic E-state index is 0.508. The lowest BCUT2D eigenvalue weighted by atomic mass is 10.1. The third-order valence-corrected chi connectivity index (χ3v) is 3.01. The second-order valence-corrected chi connectivity index (χ2v) is 5.29. The van der Waals surface area contributed by atoms with Gasteiger partial charge in [-0.3, -0.25) is 0 Å². The number of allylic oxidation sites excluding steroid dienone is 1. The van der Waals surface area contributed by atoms with Crippen LogP contribution in [0.25, 0.3) is 10.9 Å². The van der Waals surface area contributed by atoms with Crippen LogP contribution in [0.15, 0.2) is 42.6 Å². The largest absolute Gasteiger partial charge is 0.343 e. The summed E-state index contributed by atoms with van der Waals surface area (Å²) in [7, 11) is 0. The van der Waals surface area contributed by atoms with Crippen molar-refractivity contribution in [2.75, 3.05) is 0 Å². The highest BCUT2D eigenvalue weighted by Crippen LogP contribution is 2.22. The first-order chi connectivity index (χ1) is 8.58. The van der Waals surface area contributed by atoms with E-state index in [0.717, 1.165) is 13.1 Å². The number of fused-ring (bicyclic) bond motifs is 1. The van der Waals surface area contributed by atoms with Crippen LogP contribution in [0.4, 0.5) is 0 Å². The van der Waals surface area contributed by atoms with Gasteiger partial charge in [-0.25, -0.2) is 0 Å². The monoisotopic (exact) mass is 242 g/mol. The molecular formula is C16H22N2. The highest BCUT2D eigenvalue weighted by molar-refractivity contribution is 5.84. The zero-order chi connectivity index (χ0) is 13.1. The molecular weight excluding hydrogens is 220 g/mol. The van der Waals surface area contributed by atoms with E-state index >= 15 is 0 Å². The van der Waals surface area contributed by atoms with Gasteiger partial charge in [-0.15, -0.1) is 0 Å². The number of hydrogen-bond donors (Lipinski definition) is 1. The molecule has 0 unspecified atom stereocenters. The molecule has 0 radical (unpaired) electrons. The maximum atomic E-state index is 4.00. The van der Waals surface area contributed by atoms with E-state index in [-0.39, 0.29) is 0 Å². The lowest BCUT2D eigenvalue weighted by Gasteiger charge is -2.06. The Balaban J connectivity index is 2.37. The van der Waals surface area contributed by atoms with Crippen molar-refractivity contribution in [3.8, 4) is 0 Å². The molecule has 0 bridgehead atoms. The molecule has 1 N–H and O–H groups in total. The van der Waals surface area contributed by atoms with Crippen LogP contribution in [0.3, 0.4) is 0 Å². The fourth-order valence-corrected chi connectivity index (χ4v) is 2.20. The summed E-state index contributed by atoms with van der Waals surface area (Å²) in [5.74, 6) is 0. The van der Waals surface area contributed by atoms with Crippen LogP contribution in [-0.2, 0) is 13.1 Å². The van der Waals surface area contributed by atoms with Crippen molar-refractivity contribution < 1.29 is 0 Å². The quantitative estimate of drug-likeness (QED) is 0.791. The fraction of sp³-hybridized carbons (Fsp3) is 0.375. The van der Waals surface area contributed by atoms with Crippen LogP contribution in [-0.4, -0.2) is 10.6 Å². The summed E-state index contributed by atoms with van der Waals surface area (Å²) in [5.41, 5.74) is 3.83. The number of rotatable bonds is 5. The summed E-state index contributed by atoms with van der Waals surface area (Å²) in [6.07, 6.45) is 2.24. The van der Waals surface area contributed by atoms with E-state index in [4.69, 9.17) is 0 Å². The van der Waals surface area contributed by atoms with E-state index in [0.29, 0.717) is 6.04 Å². The Morgan fingerprint density at radius 2 is 2.06 bits per heavy atom. The smallest absolute Gasteiger partial charge is 0.0486 e. The Hall–Kier alpha value is -1.54. The van der Waals surface area contributed by atoms with Crippen LogP contribution in [0.1, 0.15) is 26.3 Å². The van der Waals surface area contributed by atoms with Gasteiger partial charge in [0.05, 0.1) is 0 Å². The first kappa shape index (κ1) is 12.9. The average Bonchev–Trinajstić information content (AvgIpc) is 2.65. The summed E-state index contributed by atoms with van der Waals surface area (Å²) in [6.45, 7) is 12.2. The van der Waals surface area contributed by atoms with Gasteiger partial charge in [-0.1, -0.05) is 44.2 Å². The molecule has 2 rings (SSSR count). The van der Waals surface area contributed by atoms with E-state index in [1.807, 2.05) is 0 Å². The van der Waals surface area contributed by atoms with Crippen LogP contribution in [0, 0.1) is 0 Å². The summed E-state index contributed by atoms with van der Waals surface area (Å²) >= 11 is 0. The summed E-state index contributed by atoms with van der Waals surface area (Å²) in [5, 5.41) is 4.82. The first-order valence-electron chi connectivity index (χ1n) is 6.52. The molecule has 1 aromatic carbocycles. The van der Waals surface area contributed by atoms with Crippen LogP contribution >= 0.6 is 0 Å². The van der Waals surface area contributed by atoms with Gasteiger partial charge in [0.1, 0.15) is 0 Å². The minimum atomic E-state index is 0.508. The molecule has 0 aliphatic rings. The number of para-hydroxylation sites is 1. The maximum Gasteiger partial charge on any atom is 0.0486 e. The number of nitrogens with one attached hydrogen (secondary N) is 1. The Morgan fingerprint density at radius 1 is 1.33 bits per heavy atom. The molecule has 1 aromatic heterocycles. The zero-order valence-electron chi connectivity index (χ0n) is 11.5. The Morgan fingerprint density at radius 3 is 2.72 bits per heavy atom. The van der Waals surface area contributed by atoms with Crippen molar-refractivity contribution in [2.45, 2.75) is 39.9 Å². The molecule has 0 aliphatic heterocycles. The summed E-state index contributed by atoms with van der Waals surface area (Å²) in [4.78, 5) is 0. The highest BCUT2D eigenvalue weighted by atomic mass is 15.0. The number of hydrogen-bond acceptors (Lipinski definition) is 1. The normalized spacial score (nSPS) is 11.3. The predicted octanol–water partition coefficient (Wildman–Crippen LogP) is 3.72. The first-order valence-corrected chi connectivity index (χ1v) is 6.52. The third kappa shape index (κ3) is 2.82.